The van der Waals surface area contributed by atoms with Gasteiger partial charge in [0.2, 0.25) is 0 Å². The molecule has 2 aromatic heterocycles. The monoisotopic (exact) mass is 332 g/mol. The fourth-order valence-corrected chi connectivity index (χ4v) is 3.21. The zero-order chi connectivity index (χ0) is 15.5. The second kappa shape index (κ2) is 6.34. The number of aromatic nitrogens is 1. The van der Waals surface area contributed by atoms with Gasteiger partial charge in [0.05, 0.1) is 12.0 Å². The van der Waals surface area contributed by atoms with E-state index >= 15 is 0 Å². The van der Waals surface area contributed by atoms with E-state index in [1.165, 1.54) is 17.6 Å². The highest BCUT2D eigenvalue weighted by atomic mass is 35.5. The molecule has 3 rings (SSSR count). The maximum absolute atomic E-state index is 11.9. The first-order valence-electron chi connectivity index (χ1n) is 6.68. The number of hydrogen-bond acceptors (Lipinski definition) is 4. The van der Waals surface area contributed by atoms with E-state index in [0.29, 0.717) is 11.6 Å². The van der Waals surface area contributed by atoms with Crippen molar-refractivity contribution < 1.29 is 9.21 Å². The Labute approximate surface area is 136 Å². The molecule has 0 fully saturated rings. The first-order chi connectivity index (χ1) is 10.6. The van der Waals surface area contributed by atoms with E-state index in [-0.39, 0.29) is 11.7 Å². The fourth-order valence-electron chi connectivity index (χ4n) is 2.03. The SMILES string of the molecule is Cc1nc(NC(=O)c2ccco2)sc1Cc1ccccc1Cl. The molecule has 1 N–H and O–H groups in total. The lowest BCUT2D eigenvalue weighted by Gasteiger charge is -2.02. The number of furan rings is 1. The Hall–Kier alpha value is -2.11. The molecule has 0 saturated carbocycles. The summed E-state index contributed by atoms with van der Waals surface area (Å²) in [6.45, 7) is 1.92. The summed E-state index contributed by atoms with van der Waals surface area (Å²) < 4.78 is 5.06. The number of nitrogens with zero attached hydrogens (tertiary/aromatic N) is 1. The quantitative estimate of drug-likeness (QED) is 0.763. The maximum Gasteiger partial charge on any atom is 0.293 e. The molecule has 2 heterocycles. The van der Waals surface area contributed by atoms with Crippen molar-refractivity contribution in [2.45, 2.75) is 13.3 Å². The van der Waals surface area contributed by atoms with Crippen LogP contribution in [0, 0.1) is 6.92 Å². The van der Waals surface area contributed by atoms with Gasteiger partial charge in [0, 0.05) is 16.3 Å². The van der Waals surface area contributed by atoms with Gasteiger partial charge in [-0.05, 0) is 30.7 Å². The van der Waals surface area contributed by atoms with E-state index in [0.717, 1.165) is 21.2 Å². The molecule has 0 unspecified atom stereocenters. The Morgan fingerprint density at radius 1 is 1.32 bits per heavy atom. The lowest BCUT2D eigenvalue weighted by Crippen LogP contribution is -2.10. The van der Waals surface area contributed by atoms with E-state index < -0.39 is 0 Å². The van der Waals surface area contributed by atoms with Crippen LogP contribution in [0.5, 0.6) is 0 Å². The molecule has 0 radical (unpaired) electrons. The van der Waals surface area contributed by atoms with Crippen molar-refractivity contribution in [3.8, 4) is 0 Å². The van der Waals surface area contributed by atoms with Crippen molar-refractivity contribution in [3.05, 3.63) is 69.6 Å². The number of carbonyl (C=O) groups is 1. The normalized spacial score (nSPS) is 10.6. The summed E-state index contributed by atoms with van der Waals surface area (Å²) >= 11 is 7.63. The van der Waals surface area contributed by atoms with Gasteiger partial charge in [0.15, 0.2) is 10.9 Å². The topological polar surface area (TPSA) is 55.1 Å². The molecular weight excluding hydrogens is 320 g/mol. The number of aryl methyl sites for hydroxylation is 1. The molecule has 112 valence electrons. The molecule has 0 aliphatic rings. The number of anilines is 1. The summed E-state index contributed by atoms with van der Waals surface area (Å²) in [5, 5.41) is 4.04. The van der Waals surface area contributed by atoms with E-state index in [9.17, 15) is 4.79 Å². The highest BCUT2D eigenvalue weighted by Gasteiger charge is 2.14. The number of carbonyl (C=O) groups excluding carboxylic acids is 1. The van der Waals surface area contributed by atoms with Crippen LogP contribution in [0.4, 0.5) is 5.13 Å². The van der Waals surface area contributed by atoms with Crippen LogP contribution < -0.4 is 5.32 Å². The largest absolute Gasteiger partial charge is 0.459 e. The number of hydrogen-bond donors (Lipinski definition) is 1. The third-order valence-electron chi connectivity index (χ3n) is 3.17. The molecule has 0 aliphatic carbocycles. The number of nitrogens with one attached hydrogen (secondary N) is 1. The van der Waals surface area contributed by atoms with Crippen molar-refractivity contribution in [2.24, 2.45) is 0 Å². The van der Waals surface area contributed by atoms with Crippen LogP contribution >= 0.6 is 22.9 Å². The van der Waals surface area contributed by atoms with Crippen LogP contribution in [0.3, 0.4) is 0 Å². The molecule has 4 nitrogen and oxygen atoms in total. The van der Waals surface area contributed by atoms with E-state index in [2.05, 4.69) is 10.3 Å². The third kappa shape index (κ3) is 3.21. The molecule has 0 bridgehead atoms. The second-order valence-corrected chi connectivity index (χ2v) is 6.22. The van der Waals surface area contributed by atoms with Gasteiger partial charge < -0.3 is 4.42 Å². The van der Waals surface area contributed by atoms with Gasteiger partial charge in [-0.2, -0.15) is 0 Å². The van der Waals surface area contributed by atoms with Gasteiger partial charge >= 0.3 is 0 Å². The predicted molar refractivity (Wildman–Crippen MR) is 87.8 cm³/mol. The average Bonchev–Trinajstić information content (AvgIpc) is 3.12. The van der Waals surface area contributed by atoms with Crippen LogP contribution in [-0.2, 0) is 6.42 Å². The Morgan fingerprint density at radius 3 is 2.86 bits per heavy atom. The molecule has 3 aromatic rings. The Balaban J connectivity index is 1.76. The van der Waals surface area contributed by atoms with Crippen molar-refractivity contribution in [1.29, 1.82) is 0 Å². The van der Waals surface area contributed by atoms with Gasteiger partial charge in [-0.1, -0.05) is 29.8 Å². The Morgan fingerprint density at radius 2 is 2.14 bits per heavy atom. The van der Waals surface area contributed by atoms with E-state index in [1.807, 2.05) is 31.2 Å². The van der Waals surface area contributed by atoms with Crippen molar-refractivity contribution in [1.82, 2.24) is 4.98 Å². The van der Waals surface area contributed by atoms with Gasteiger partial charge in [-0.3, -0.25) is 10.1 Å². The summed E-state index contributed by atoms with van der Waals surface area (Å²) in [5.74, 6) is -0.0384. The summed E-state index contributed by atoms with van der Waals surface area (Å²) in [5.41, 5.74) is 1.93. The van der Waals surface area contributed by atoms with Crippen molar-refractivity contribution >= 4 is 34.0 Å². The summed E-state index contributed by atoms with van der Waals surface area (Å²) in [6.07, 6.45) is 2.16. The highest BCUT2D eigenvalue weighted by molar-refractivity contribution is 7.15. The van der Waals surface area contributed by atoms with Gasteiger partial charge in [0.1, 0.15) is 0 Å². The molecule has 0 aliphatic heterocycles. The van der Waals surface area contributed by atoms with E-state index in [1.54, 1.807) is 12.1 Å². The van der Waals surface area contributed by atoms with Crippen LogP contribution in [0.2, 0.25) is 5.02 Å². The van der Waals surface area contributed by atoms with Gasteiger partial charge in [-0.25, -0.2) is 4.98 Å². The van der Waals surface area contributed by atoms with E-state index in [4.69, 9.17) is 16.0 Å². The zero-order valence-electron chi connectivity index (χ0n) is 11.8. The predicted octanol–water partition coefficient (Wildman–Crippen LogP) is 4.54. The lowest BCUT2D eigenvalue weighted by molar-refractivity contribution is 0.0996. The van der Waals surface area contributed by atoms with Crippen LogP contribution in [0.1, 0.15) is 26.7 Å². The number of rotatable bonds is 4. The van der Waals surface area contributed by atoms with Crippen LogP contribution in [0.15, 0.2) is 47.1 Å². The Kier molecular flexibility index (Phi) is 4.27. The number of amides is 1. The maximum atomic E-state index is 11.9. The summed E-state index contributed by atoms with van der Waals surface area (Å²) in [6, 6.07) is 11.0. The second-order valence-electron chi connectivity index (χ2n) is 4.73. The van der Waals surface area contributed by atoms with Crippen molar-refractivity contribution in [3.63, 3.8) is 0 Å². The fraction of sp³-hybridized carbons (Fsp3) is 0.125. The number of benzene rings is 1. The first kappa shape index (κ1) is 14.8. The highest BCUT2D eigenvalue weighted by Crippen LogP contribution is 2.28. The lowest BCUT2D eigenvalue weighted by atomic mass is 10.1. The summed E-state index contributed by atoms with van der Waals surface area (Å²) in [4.78, 5) is 17.4. The molecule has 0 saturated heterocycles. The van der Waals surface area contributed by atoms with Gasteiger partial charge in [0.25, 0.3) is 5.91 Å². The summed E-state index contributed by atoms with van der Waals surface area (Å²) in [7, 11) is 0. The first-order valence-corrected chi connectivity index (χ1v) is 7.87. The molecule has 22 heavy (non-hydrogen) atoms. The minimum Gasteiger partial charge on any atom is -0.459 e. The van der Waals surface area contributed by atoms with Gasteiger partial charge in [-0.15, -0.1) is 11.3 Å². The molecule has 0 atom stereocenters. The van der Waals surface area contributed by atoms with Crippen molar-refractivity contribution in [2.75, 3.05) is 5.32 Å². The van der Waals surface area contributed by atoms with Crippen LogP contribution in [-0.4, -0.2) is 10.9 Å². The standard InChI is InChI=1S/C16H13ClN2O2S/c1-10-14(9-11-5-2-3-6-12(11)17)22-16(18-10)19-15(20)13-7-4-8-21-13/h2-8H,9H2,1H3,(H,18,19,20). The molecular formula is C16H13ClN2O2S. The smallest absolute Gasteiger partial charge is 0.293 e. The number of thiazole rings is 1. The minimum absolute atomic E-state index is 0.264. The molecule has 0 spiro atoms. The average molecular weight is 333 g/mol. The minimum atomic E-state index is -0.303. The Bertz CT molecular complexity index is 796. The molecule has 1 amide bonds. The van der Waals surface area contributed by atoms with Crippen LogP contribution in [0.25, 0.3) is 0 Å². The molecule has 6 heteroatoms. The third-order valence-corrected chi connectivity index (χ3v) is 4.61. The molecule has 1 aromatic carbocycles. The number of halogens is 1. The zero-order valence-corrected chi connectivity index (χ0v) is 13.4.